The van der Waals surface area contributed by atoms with Gasteiger partial charge in [0.1, 0.15) is 0 Å². The zero-order chi connectivity index (χ0) is 17.3. The standard InChI is InChI=1S/C25H29N/c1-2-26(25-14-17-10-18(15-25)12-19(11-17)16-25)24-9-5-8-22-21-7-4-3-6-20(21)13-23(22)24/h3-9,17-19H,2,10-16H2,1H3. The first-order chi connectivity index (χ1) is 12.8. The number of rotatable bonds is 3. The van der Waals surface area contributed by atoms with Crippen LogP contribution >= 0.6 is 0 Å². The van der Waals surface area contributed by atoms with Crippen LogP contribution in [0.25, 0.3) is 11.1 Å². The molecule has 2 aromatic carbocycles. The quantitative estimate of drug-likeness (QED) is 0.559. The summed E-state index contributed by atoms with van der Waals surface area (Å²) in [4.78, 5) is 2.86. The van der Waals surface area contributed by atoms with Crippen molar-refractivity contribution in [2.75, 3.05) is 11.4 Å². The van der Waals surface area contributed by atoms with Gasteiger partial charge in [-0.15, -0.1) is 0 Å². The molecule has 0 amide bonds. The van der Waals surface area contributed by atoms with Gasteiger partial charge in [0, 0.05) is 24.2 Å². The fourth-order valence-corrected chi connectivity index (χ4v) is 7.55. The number of hydrogen-bond acceptors (Lipinski definition) is 1. The van der Waals surface area contributed by atoms with E-state index in [0.29, 0.717) is 5.54 Å². The second-order valence-electron chi connectivity index (χ2n) is 9.52. The minimum Gasteiger partial charge on any atom is -0.366 e. The van der Waals surface area contributed by atoms with E-state index in [0.717, 1.165) is 30.7 Å². The van der Waals surface area contributed by atoms with Gasteiger partial charge < -0.3 is 4.90 Å². The van der Waals surface area contributed by atoms with E-state index in [1.165, 1.54) is 55.2 Å². The van der Waals surface area contributed by atoms with Gasteiger partial charge in [0.2, 0.25) is 0 Å². The summed E-state index contributed by atoms with van der Waals surface area (Å²) >= 11 is 0. The maximum absolute atomic E-state index is 2.86. The normalized spacial score (nSPS) is 33.2. The third-order valence-corrected chi connectivity index (χ3v) is 8.01. The molecule has 26 heavy (non-hydrogen) atoms. The summed E-state index contributed by atoms with van der Waals surface area (Å²) in [6, 6.07) is 16.1. The molecule has 0 atom stereocenters. The van der Waals surface area contributed by atoms with Gasteiger partial charge in [-0.05, 0) is 91.5 Å². The van der Waals surface area contributed by atoms with Crippen molar-refractivity contribution in [2.45, 2.75) is 57.4 Å². The van der Waals surface area contributed by atoms with E-state index < -0.39 is 0 Å². The maximum atomic E-state index is 2.86. The molecule has 4 fully saturated rings. The molecule has 0 saturated heterocycles. The number of nitrogens with zero attached hydrogens (tertiary/aromatic N) is 1. The third kappa shape index (κ3) is 2.03. The van der Waals surface area contributed by atoms with Gasteiger partial charge in [0.05, 0.1) is 0 Å². The first kappa shape index (κ1) is 15.3. The lowest BCUT2D eigenvalue weighted by Gasteiger charge is -2.61. The Morgan fingerprint density at radius 1 is 0.846 bits per heavy atom. The van der Waals surface area contributed by atoms with Crippen LogP contribution in [0.15, 0.2) is 42.5 Å². The van der Waals surface area contributed by atoms with Crippen molar-refractivity contribution in [2.24, 2.45) is 17.8 Å². The lowest BCUT2D eigenvalue weighted by Crippen LogP contribution is -2.60. The number of anilines is 1. The molecule has 4 saturated carbocycles. The van der Waals surface area contributed by atoms with Gasteiger partial charge in [0.15, 0.2) is 0 Å². The van der Waals surface area contributed by atoms with Crippen LogP contribution in [0.1, 0.15) is 56.6 Å². The van der Waals surface area contributed by atoms with Crippen molar-refractivity contribution in [1.29, 1.82) is 0 Å². The van der Waals surface area contributed by atoms with E-state index in [-0.39, 0.29) is 0 Å². The van der Waals surface area contributed by atoms with Gasteiger partial charge in [0.25, 0.3) is 0 Å². The van der Waals surface area contributed by atoms with Gasteiger partial charge in [-0.2, -0.15) is 0 Å². The molecule has 1 heteroatoms. The Morgan fingerprint density at radius 2 is 1.50 bits per heavy atom. The Hall–Kier alpha value is -1.76. The maximum Gasteiger partial charge on any atom is 0.0412 e. The average molecular weight is 344 g/mol. The van der Waals surface area contributed by atoms with Crippen LogP contribution in [0, 0.1) is 17.8 Å². The predicted octanol–water partition coefficient (Wildman–Crippen LogP) is 6.05. The first-order valence-electron chi connectivity index (χ1n) is 10.7. The first-order valence-corrected chi connectivity index (χ1v) is 10.7. The second-order valence-corrected chi connectivity index (χ2v) is 9.52. The highest BCUT2D eigenvalue weighted by molar-refractivity contribution is 5.82. The molecule has 0 unspecified atom stereocenters. The highest BCUT2D eigenvalue weighted by atomic mass is 15.2. The molecule has 134 valence electrons. The average Bonchev–Trinajstić information content (AvgIpc) is 3.01. The summed E-state index contributed by atoms with van der Waals surface area (Å²) in [5, 5.41) is 0. The Bertz CT molecular complexity index is 829. The Balaban J connectivity index is 1.45. The second kappa shape index (κ2) is 5.38. The van der Waals surface area contributed by atoms with Crippen molar-refractivity contribution >= 4 is 5.69 Å². The van der Waals surface area contributed by atoms with Crippen molar-refractivity contribution in [1.82, 2.24) is 0 Å². The summed E-state index contributed by atoms with van der Waals surface area (Å²) < 4.78 is 0. The third-order valence-electron chi connectivity index (χ3n) is 8.01. The van der Waals surface area contributed by atoms with Crippen LogP contribution in [0.4, 0.5) is 5.69 Å². The van der Waals surface area contributed by atoms with E-state index in [1.54, 1.807) is 11.3 Å². The smallest absolute Gasteiger partial charge is 0.0412 e. The summed E-state index contributed by atoms with van der Waals surface area (Å²) in [6.45, 7) is 3.54. The monoisotopic (exact) mass is 343 g/mol. The molecular weight excluding hydrogens is 314 g/mol. The molecule has 0 spiro atoms. The molecule has 0 aromatic heterocycles. The van der Waals surface area contributed by atoms with E-state index in [4.69, 9.17) is 0 Å². The highest BCUT2D eigenvalue weighted by Gasteiger charge is 2.53. The molecule has 0 aliphatic heterocycles. The fraction of sp³-hybridized carbons (Fsp3) is 0.520. The molecule has 5 aliphatic rings. The van der Waals surface area contributed by atoms with Crippen molar-refractivity contribution in [3.63, 3.8) is 0 Å². The van der Waals surface area contributed by atoms with Gasteiger partial charge >= 0.3 is 0 Å². The van der Waals surface area contributed by atoms with Crippen molar-refractivity contribution in [3.05, 3.63) is 53.6 Å². The Morgan fingerprint density at radius 3 is 2.19 bits per heavy atom. The molecule has 7 rings (SSSR count). The Labute approximate surface area is 157 Å². The minimum absolute atomic E-state index is 0.452. The fourth-order valence-electron chi connectivity index (χ4n) is 7.55. The SMILES string of the molecule is CCN(c1cccc2c1Cc1ccccc1-2)C12CC3CC(CC(C3)C1)C2. The van der Waals surface area contributed by atoms with Crippen LogP contribution in [-0.2, 0) is 6.42 Å². The zero-order valence-corrected chi connectivity index (χ0v) is 15.9. The summed E-state index contributed by atoms with van der Waals surface area (Å²) in [6.07, 6.45) is 10.0. The zero-order valence-electron chi connectivity index (χ0n) is 15.9. The van der Waals surface area contributed by atoms with Crippen molar-refractivity contribution in [3.8, 4) is 11.1 Å². The lowest BCUT2D eigenvalue weighted by atomic mass is 9.52. The van der Waals surface area contributed by atoms with Gasteiger partial charge in [-0.1, -0.05) is 36.4 Å². The Kier molecular flexibility index (Phi) is 3.17. The number of fused-ring (bicyclic) bond motifs is 3. The van der Waals surface area contributed by atoms with Gasteiger partial charge in [-0.25, -0.2) is 0 Å². The topological polar surface area (TPSA) is 3.24 Å². The molecule has 0 heterocycles. The highest BCUT2D eigenvalue weighted by Crippen LogP contribution is 2.59. The van der Waals surface area contributed by atoms with Gasteiger partial charge in [-0.3, -0.25) is 0 Å². The van der Waals surface area contributed by atoms with E-state index >= 15 is 0 Å². The molecule has 1 nitrogen and oxygen atoms in total. The minimum atomic E-state index is 0.452. The molecule has 4 bridgehead atoms. The van der Waals surface area contributed by atoms with Crippen LogP contribution in [-0.4, -0.2) is 12.1 Å². The summed E-state index contributed by atoms with van der Waals surface area (Å²) in [5.41, 5.74) is 8.05. The number of benzene rings is 2. The van der Waals surface area contributed by atoms with E-state index in [2.05, 4.69) is 54.3 Å². The summed E-state index contributed by atoms with van der Waals surface area (Å²) in [7, 11) is 0. The molecule has 0 N–H and O–H groups in total. The van der Waals surface area contributed by atoms with Crippen LogP contribution in [0.5, 0.6) is 0 Å². The number of hydrogen-bond donors (Lipinski definition) is 0. The van der Waals surface area contributed by atoms with Crippen molar-refractivity contribution < 1.29 is 0 Å². The van der Waals surface area contributed by atoms with E-state index in [1.807, 2.05) is 0 Å². The van der Waals surface area contributed by atoms with Crippen LogP contribution < -0.4 is 4.90 Å². The van der Waals surface area contributed by atoms with E-state index in [9.17, 15) is 0 Å². The lowest BCUT2D eigenvalue weighted by molar-refractivity contribution is -0.00393. The van der Waals surface area contributed by atoms with Crippen LogP contribution in [0.3, 0.4) is 0 Å². The molecule has 2 aromatic rings. The molecular formula is C25H29N. The molecule has 5 aliphatic carbocycles. The largest absolute Gasteiger partial charge is 0.366 e. The summed E-state index contributed by atoms with van der Waals surface area (Å²) in [5.74, 6) is 3.01. The van der Waals surface area contributed by atoms with Crippen LogP contribution in [0.2, 0.25) is 0 Å². The predicted molar refractivity (Wildman–Crippen MR) is 109 cm³/mol. The molecule has 0 radical (unpaired) electrons.